The highest BCUT2D eigenvalue weighted by molar-refractivity contribution is 7.98. The fourth-order valence-corrected chi connectivity index (χ4v) is 2.95. The van der Waals surface area contributed by atoms with Gasteiger partial charge in [-0.1, -0.05) is 41.0 Å². The maximum Gasteiger partial charge on any atom is 0.189 e. The first-order valence-electron chi connectivity index (χ1n) is 7.36. The normalized spacial score (nSPS) is 11.4. The van der Waals surface area contributed by atoms with E-state index in [2.05, 4.69) is 15.3 Å². The summed E-state index contributed by atoms with van der Waals surface area (Å²) in [6.45, 7) is 6.02. The Labute approximate surface area is 156 Å². The molecule has 2 aromatic rings. The Kier molecular flexibility index (Phi) is 6.12. The molecule has 0 saturated heterocycles. The van der Waals surface area contributed by atoms with Gasteiger partial charge in [-0.05, 0) is 44.7 Å². The lowest BCUT2D eigenvalue weighted by Gasteiger charge is -2.23. The minimum atomic E-state index is -0.235. The molecule has 7 heteroatoms. The molecule has 4 nitrogen and oxygen atoms in total. The number of anilines is 1. The van der Waals surface area contributed by atoms with E-state index < -0.39 is 0 Å². The summed E-state index contributed by atoms with van der Waals surface area (Å²) in [6.07, 6.45) is 3.54. The molecule has 1 N–H and O–H groups in total. The average molecular weight is 384 g/mol. The maximum atomic E-state index is 12.8. The Balaban J connectivity index is 2.38. The number of hydrogen-bond donors (Lipinski definition) is 1. The van der Waals surface area contributed by atoms with Gasteiger partial charge >= 0.3 is 0 Å². The number of nitrogens with one attached hydrogen (secondary N) is 1. The number of carbonyl (C=O) groups excluding carboxylic acids is 1. The molecular weight excluding hydrogens is 365 g/mol. The van der Waals surface area contributed by atoms with Crippen molar-refractivity contribution in [2.45, 2.75) is 37.9 Å². The van der Waals surface area contributed by atoms with Crippen molar-refractivity contribution in [3.05, 3.63) is 45.6 Å². The summed E-state index contributed by atoms with van der Waals surface area (Å²) in [7, 11) is 0. The smallest absolute Gasteiger partial charge is 0.189 e. The highest BCUT2D eigenvalue weighted by Crippen LogP contribution is 2.27. The van der Waals surface area contributed by atoms with Crippen LogP contribution in [-0.2, 0) is 6.42 Å². The van der Waals surface area contributed by atoms with Gasteiger partial charge in [0.05, 0.1) is 5.56 Å². The second-order valence-electron chi connectivity index (χ2n) is 6.29. The van der Waals surface area contributed by atoms with Crippen LogP contribution in [0, 0.1) is 0 Å². The number of halogens is 2. The van der Waals surface area contributed by atoms with Crippen LogP contribution in [0.5, 0.6) is 0 Å². The second kappa shape index (κ2) is 7.72. The SMILES string of the molecule is CSc1ncc(C(=O)Cc2c(Cl)cccc2Cl)c(NC(C)(C)C)n1. The van der Waals surface area contributed by atoms with Crippen LogP contribution in [0.1, 0.15) is 36.7 Å². The van der Waals surface area contributed by atoms with Gasteiger partial charge in [0.2, 0.25) is 0 Å². The van der Waals surface area contributed by atoms with E-state index in [0.29, 0.717) is 32.1 Å². The van der Waals surface area contributed by atoms with E-state index in [-0.39, 0.29) is 17.7 Å². The second-order valence-corrected chi connectivity index (χ2v) is 7.88. The molecule has 0 aliphatic heterocycles. The van der Waals surface area contributed by atoms with Crippen LogP contribution in [0.4, 0.5) is 5.82 Å². The van der Waals surface area contributed by atoms with Crippen molar-refractivity contribution in [2.75, 3.05) is 11.6 Å². The molecule has 0 atom stereocenters. The summed E-state index contributed by atoms with van der Waals surface area (Å²) in [4.78, 5) is 21.4. The molecule has 0 radical (unpaired) electrons. The quantitative estimate of drug-likeness (QED) is 0.439. The van der Waals surface area contributed by atoms with Crippen LogP contribution in [0.2, 0.25) is 10.0 Å². The first-order chi connectivity index (χ1) is 11.2. The van der Waals surface area contributed by atoms with E-state index in [0.717, 1.165) is 0 Å². The highest BCUT2D eigenvalue weighted by Gasteiger charge is 2.21. The fraction of sp³-hybridized carbons (Fsp3) is 0.353. The Morgan fingerprint density at radius 2 is 1.88 bits per heavy atom. The van der Waals surface area contributed by atoms with E-state index in [1.54, 1.807) is 24.4 Å². The first kappa shape index (κ1) is 19.0. The molecule has 0 fully saturated rings. The van der Waals surface area contributed by atoms with Gasteiger partial charge in [-0.3, -0.25) is 4.79 Å². The van der Waals surface area contributed by atoms with Gasteiger partial charge in [0.25, 0.3) is 0 Å². The zero-order valence-electron chi connectivity index (χ0n) is 14.0. The summed E-state index contributed by atoms with van der Waals surface area (Å²) >= 11 is 13.8. The van der Waals surface area contributed by atoms with Crippen molar-refractivity contribution >= 4 is 46.6 Å². The van der Waals surface area contributed by atoms with E-state index in [1.165, 1.54) is 11.8 Å². The van der Waals surface area contributed by atoms with Crippen LogP contribution in [0.15, 0.2) is 29.6 Å². The number of rotatable bonds is 5. The van der Waals surface area contributed by atoms with Gasteiger partial charge in [-0.25, -0.2) is 9.97 Å². The third kappa shape index (κ3) is 4.85. The van der Waals surface area contributed by atoms with Crippen molar-refractivity contribution in [3.8, 4) is 0 Å². The largest absolute Gasteiger partial charge is 0.365 e. The van der Waals surface area contributed by atoms with E-state index >= 15 is 0 Å². The summed E-state index contributed by atoms with van der Waals surface area (Å²) in [6, 6.07) is 5.19. The number of hydrogen-bond acceptors (Lipinski definition) is 5. The predicted octanol–water partition coefficient (Wildman–Crippen LogP) is 5.14. The summed E-state index contributed by atoms with van der Waals surface area (Å²) in [5.74, 6) is 0.388. The minimum Gasteiger partial charge on any atom is -0.365 e. The van der Waals surface area contributed by atoms with Crippen molar-refractivity contribution in [2.24, 2.45) is 0 Å². The number of aromatic nitrogens is 2. The Morgan fingerprint density at radius 3 is 2.42 bits per heavy atom. The number of nitrogens with zero attached hydrogens (tertiary/aromatic N) is 2. The number of Topliss-reactive ketones (excluding diaryl/α,β-unsaturated/α-hetero) is 1. The molecule has 24 heavy (non-hydrogen) atoms. The van der Waals surface area contributed by atoms with Crippen LogP contribution >= 0.6 is 35.0 Å². The fourth-order valence-electron chi connectivity index (χ4n) is 2.08. The van der Waals surface area contributed by atoms with Crippen LogP contribution in [0.3, 0.4) is 0 Å². The van der Waals surface area contributed by atoms with Gasteiger partial charge < -0.3 is 5.32 Å². The van der Waals surface area contributed by atoms with Gasteiger partial charge in [0, 0.05) is 28.2 Å². The van der Waals surface area contributed by atoms with Crippen LogP contribution in [0.25, 0.3) is 0 Å². The van der Waals surface area contributed by atoms with E-state index in [4.69, 9.17) is 23.2 Å². The first-order valence-corrected chi connectivity index (χ1v) is 9.34. The standard InChI is InChI=1S/C17H19Cl2N3OS/c1-17(2,3)22-15-11(9-20-16(21-15)24-4)14(23)8-10-12(18)6-5-7-13(10)19/h5-7,9H,8H2,1-4H3,(H,20,21,22). The van der Waals surface area contributed by atoms with Crippen LogP contribution in [-0.4, -0.2) is 27.5 Å². The topological polar surface area (TPSA) is 54.9 Å². The molecule has 0 bridgehead atoms. The number of benzene rings is 1. The number of carbonyl (C=O) groups is 1. The molecule has 0 aliphatic rings. The van der Waals surface area contributed by atoms with Crippen molar-refractivity contribution < 1.29 is 4.79 Å². The van der Waals surface area contributed by atoms with E-state index in [1.807, 2.05) is 27.0 Å². The number of ketones is 1. The molecule has 0 amide bonds. The Bertz CT molecular complexity index is 740. The molecule has 0 spiro atoms. The average Bonchev–Trinajstić information content (AvgIpc) is 2.49. The number of thioether (sulfide) groups is 1. The molecule has 1 aromatic carbocycles. The molecule has 0 unspecified atom stereocenters. The molecule has 1 aromatic heterocycles. The molecular formula is C17H19Cl2N3OS. The van der Waals surface area contributed by atoms with Crippen molar-refractivity contribution in [1.29, 1.82) is 0 Å². The maximum absolute atomic E-state index is 12.8. The van der Waals surface area contributed by atoms with Crippen molar-refractivity contribution in [1.82, 2.24) is 9.97 Å². The predicted molar refractivity (Wildman–Crippen MR) is 102 cm³/mol. The lowest BCUT2D eigenvalue weighted by Crippen LogP contribution is -2.28. The summed E-state index contributed by atoms with van der Waals surface area (Å²) in [5, 5.41) is 4.82. The third-order valence-electron chi connectivity index (χ3n) is 3.14. The van der Waals surface area contributed by atoms with E-state index in [9.17, 15) is 4.79 Å². The Morgan fingerprint density at radius 1 is 1.25 bits per heavy atom. The summed E-state index contributed by atoms with van der Waals surface area (Å²) in [5.41, 5.74) is 0.807. The Hall–Kier alpha value is -1.30. The monoisotopic (exact) mass is 383 g/mol. The lowest BCUT2D eigenvalue weighted by atomic mass is 10.0. The zero-order chi connectivity index (χ0) is 17.9. The molecule has 1 heterocycles. The third-order valence-corrected chi connectivity index (χ3v) is 4.41. The molecule has 0 saturated carbocycles. The zero-order valence-corrected chi connectivity index (χ0v) is 16.3. The van der Waals surface area contributed by atoms with Gasteiger partial charge in [0.15, 0.2) is 10.9 Å². The van der Waals surface area contributed by atoms with Crippen LogP contribution < -0.4 is 5.32 Å². The van der Waals surface area contributed by atoms with Gasteiger partial charge in [-0.2, -0.15) is 0 Å². The lowest BCUT2D eigenvalue weighted by molar-refractivity contribution is 0.0993. The summed E-state index contributed by atoms with van der Waals surface area (Å²) < 4.78 is 0. The van der Waals surface area contributed by atoms with Gasteiger partial charge in [-0.15, -0.1) is 0 Å². The van der Waals surface area contributed by atoms with Crippen molar-refractivity contribution in [3.63, 3.8) is 0 Å². The highest BCUT2D eigenvalue weighted by atomic mass is 35.5. The molecule has 0 aliphatic carbocycles. The molecule has 128 valence electrons. The minimum absolute atomic E-state index is 0.0965. The molecule has 2 rings (SSSR count). The van der Waals surface area contributed by atoms with Gasteiger partial charge in [0.1, 0.15) is 5.82 Å².